The zero-order chi connectivity index (χ0) is 21.6. The maximum Gasteiger partial charge on any atom is 0.325 e. The van der Waals surface area contributed by atoms with Crippen LogP contribution in [0.4, 0.5) is 5.69 Å². The first kappa shape index (κ1) is 21.8. The van der Waals surface area contributed by atoms with Crippen molar-refractivity contribution in [3.05, 3.63) is 64.7 Å². The first-order valence-electron chi connectivity index (χ1n) is 9.21. The fourth-order valence-corrected chi connectivity index (χ4v) is 2.67. The van der Waals surface area contributed by atoms with Crippen molar-refractivity contribution < 1.29 is 24.3 Å². The van der Waals surface area contributed by atoms with Gasteiger partial charge in [0.15, 0.2) is 5.78 Å². The number of amides is 2. The van der Waals surface area contributed by atoms with Gasteiger partial charge < -0.3 is 15.7 Å². The van der Waals surface area contributed by atoms with Gasteiger partial charge in [0.05, 0.1) is 0 Å². The molecular weight excluding hydrogens is 372 g/mol. The maximum absolute atomic E-state index is 12.4. The molecule has 29 heavy (non-hydrogen) atoms. The largest absolute Gasteiger partial charge is 0.480 e. The highest BCUT2D eigenvalue weighted by Gasteiger charge is 2.15. The normalized spacial score (nSPS) is 11.4. The molecule has 2 rings (SSSR count). The van der Waals surface area contributed by atoms with Gasteiger partial charge in [-0.15, -0.1) is 0 Å². The highest BCUT2D eigenvalue weighted by Crippen LogP contribution is 2.15. The summed E-state index contributed by atoms with van der Waals surface area (Å²) >= 11 is 0. The van der Waals surface area contributed by atoms with Crippen molar-refractivity contribution in [2.45, 2.75) is 39.7 Å². The Morgan fingerprint density at radius 1 is 0.966 bits per heavy atom. The van der Waals surface area contributed by atoms with Gasteiger partial charge in [0.2, 0.25) is 5.91 Å². The molecule has 0 aliphatic carbocycles. The van der Waals surface area contributed by atoms with Gasteiger partial charge in [-0.3, -0.25) is 19.2 Å². The van der Waals surface area contributed by atoms with Crippen LogP contribution in [0.3, 0.4) is 0 Å². The molecule has 0 fully saturated rings. The SMILES string of the molecule is Cc1ccc(C)c(C(=O)CCC(=O)Nc2ccc(C(=O)NC(C)C(=O)O)cc2)c1. The van der Waals surface area contributed by atoms with Gasteiger partial charge in [-0.1, -0.05) is 17.7 Å². The minimum absolute atomic E-state index is 0.0462. The van der Waals surface area contributed by atoms with E-state index >= 15 is 0 Å². The molecule has 3 N–H and O–H groups in total. The van der Waals surface area contributed by atoms with E-state index in [4.69, 9.17) is 5.11 Å². The minimum atomic E-state index is -1.13. The number of Topliss-reactive ketones (excluding diaryl/α,β-unsaturated/α-hetero) is 1. The van der Waals surface area contributed by atoms with E-state index in [1.54, 1.807) is 12.1 Å². The Labute approximate surface area is 169 Å². The Balaban J connectivity index is 1.89. The third-order valence-electron chi connectivity index (χ3n) is 4.42. The second kappa shape index (κ2) is 9.64. The highest BCUT2D eigenvalue weighted by molar-refractivity contribution is 6.01. The smallest absolute Gasteiger partial charge is 0.325 e. The van der Waals surface area contributed by atoms with Crippen LogP contribution in [-0.2, 0) is 9.59 Å². The van der Waals surface area contributed by atoms with Crippen LogP contribution in [0.15, 0.2) is 42.5 Å². The molecule has 0 saturated heterocycles. The van der Waals surface area contributed by atoms with E-state index in [9.17, 15) is 19.2 Å². The molecule has 0 bridgehead atoms. The van der Waals surface area contributed by atoms with Crippen LogP contribution in [0.25, 0.3) is 0 Å². The number of aliphatic carboxylic acids is 1. The maximum atomic E-state index is 12.4. The molecule has 7 nitrogen and oxygen atoms in total. The van der Waals surface area contributed by atoms with E-state index in [1.807, 2.05) is 32.0 Å². The number of hydrogen-bond acceptors (Lipinski definition) is 4. The average Bonchev–Trinajstić information content (AvgIpc) is 2.68. The summed E-state index contributed by atoms with van der Waals surface area (Å²) in [5, 5.41) is 13.9. The van der Waals surface area contributed by atoms with Gasteiger partial charge in [0.25, 0.3) is 5.91 Å². The lowest BCUT2D eigenvalue weighted by molar-refractivity contribution is -0.138. The zero-order valence-electron chi connectivity index (χ0n) is 16.6. The third-order valence-corrected chi connectivity index (χ3v) is 4.42. The highest BCUT2D eigenvalue weighted by atomic mass is 16.4. The van der Waals surface area contributed by atoms with Crippen LogP contribution in [0, 0.1) is 13.8 Å². The lowest BCUT2D eigenvalue weighted by Crippen LogP contribution is -2.38. The Kier molecular flexibility index (Phi) is 7.25. The molecule has 0 heterocycles. The van der Waals surface area contributed by atoms with Crippen LogP contribution in [0.5, 0.6) is 0 Å². The molecule has 2 aromatic carbocycles. The molecule has 7 heteroatoms. The number of nitrogens with one attached hydrogen (secondary N) is 2. The quantitative estimate of drug-likeness (QED) is 0.594. The summed E-state index contributed by atoms with van der Waals surface area (Å²) in [6, 6.07) is 10.7. The number of hydrogen-bond donors (Lipinski definition) is 3. The van der Waals surface area contributed by atoms with E-state index in [-0.39, 0.29) is 30.1 Å². The molecule has 0 aliphatic rings. The molecule has 0 aromatic heterocycles. The molecule has 1 atom stereocenters. The van der Waals surface area contributed by atoms with E-state index in [0.717, 1.165) is 11.1 Å². The Morgan fingerprint density at radius 3 is 2.24 bits per heavy atom. The molecule has 2 aromatic rings. The molecule has 2 amide bonds. The van der Waals surface area contributed by atoms with Crippen LogP contribution < -0.4 is 10.6 Å². The molecular formula is C22H24N2O5. The first-order chi connectivity index (χ1) is 13.7. The van der Waals surface area contributed by atoms with Gasteiger partial charge in [-0.25, -0.2) is 0 Å². The van der Waals surface area contributed by atoms with Crippen molar-refractivity contribution in [2.24, 2.45) is 0 Å². The van der Waals surface area contributed by atoms with Gasteiger partial charge in [0.1, 0.15) is 6.04 Å². The van der Waals surface area contributed by atoms with E-state index in [0.29, 0.717) is 11.3 Å². The number of carbonyl (C=O) groups is 4. The Hall–Kier alpha value is -3.48. The second-order valence-corrected chi connectivity index (χ2v) is 6.90. The van der Waals surface area contributed by atoms with Crippen LogP contribution >= 0.6 is 0 Å². The molecule has 0 aliphatic heterocycles. The summed E-state index contributed by atoms with van der Waals surface area (Å²) in [6.07, 6.45) is 0.147. The molecule has 1 unspecified atom stereocenters. The minimum Gasteiger partial charge on any atom is -0.480 e. The van der Waals surface area contributed by atoms with E-state index < -0.39 is 17.9 Å². The lowest BCUT2D eigenvalue weighted by Gasteiger charge is -2.10. The van der Waals surface area contributed by atoms with Crippen molar-refractivity contribution in [2.75, 3.05) is 5.32 Å². The van der Waals surface area contributed by atoms with Gasteiger partial charge >= 0.3 is 5.97 Å². The number of aryl methyl sites for hydroxylation is 2. The van der Waals surface area contributed by atoms with Crippen molar-refractivity contribution in [1.82, 2.24) is 5.32 Å². The van der Waals surface area contributed by atoms with Crippen molar-refractivity contribution in [1.29, 1.82) is 0 Å². The number of carbonyl (C=O) groups excluding carboxylic acids is 3. The summed E-state index contributed by atoms with van der Waals surface area (Å²) in [5.74, 6) is -2.03. The summed E-state index contributed by atoms with van der Waals surface area (Å²) in [4.78, 5) is 47.2. The number of carboxylic acids is 1. The predicted octanol–water partition coefficient (Wildman–Crippen LogP) is 3.11. The predicted molar refractivity (Wildman–Crippen MR) is 109 cm³/mol. The lowest BCUT2D eigenvalue weighted by atomic mass is 9.99. The van der Waals surface area contributed by atoms with E-state index in [2.05, 4.69) is 10.6 Å². The van der Waals surface area contributed by atoms with Gasteiger partial charge in [-0.2, -0.15) is 0 Å². The fourth-order valence-electron chi connectivity index (χ4n) is 2.67. The Morgan fingerprint density at radius 2 is 1.62 bits per heavy atom. The van der Waals surface area contributed by atoms with Crippen molar-refractivity contribution in [3.63, 3.8) is 0 Å². The third kappa shape index (κ3) is 6.27. The average molecular weight is 396 g/mol. The number of rotatable bonds is 8. The van der Waals surface area contributed by atoms with E-state index in [1.165, 1.54) is 19.1 Å². The molecule has 0 radical (unpaired) electrons. The number of benzene rings is 2. The number of ketones is 1. The molecule has 152 valence electrons. The summed E-state index contributed by atoms with van der Waals surface area (Å²) in [6.45, 7) is 5.14. The standard InChI is InChI=1S/C22H24N2O5/c1-13-4-5-14(2)18(12-13)19(25)10-11-20(26)24-17-8-6-16(7-9-17)21(27)23-15(3)22(28)29/h4-9,12,15H,10-11H2,1-3H3,(H,23,27)(H,24,26)(H,28,29). The molecule has 0 saturated carbocycles. The molecule has 0 spiro atoms. The monoisotopic (exact) mass is 396 g/mol. The summed E-state index contributed by atoms with van der Waals surface area (Å²) in [7, 11) is 0. The van der Waals surface area contributed by atoms with Crippen LogP contribution in [-0.4, -0.2) is 34.7 Å². The van der Waals surface area contributed by atoms with Gasteiger partial charge in [0, 0.05) is 29.7 Å². The second-order valence-electron chi connectivity index (χ2n) is 6.90. The van der Waals surface area contributed by atoms with Crippen LogP contribution in [0.1, 0.15) is 51.6 Å². The number of anilines is 1. The first-order valence-corrected chi connectivity index (χ1v) is 9.21. The Bertz CT molecular complexity index is 935. The van der Waals surface area contributed by atoms with Crippen LogP contribution in [0.2, 0.25) is 0 Å². The summed E-state index contributed by atoms with van der Waals surface area (Å²) < 4.78 is 0. The van der Waals surface area contributed by atoms with Crippen molar-refractivity contribution in [3.8, 4) is 0 Å². The topological polar surface area (TPSA) is 113 Å². The number of carboxylic acid groups (broad SMARTS) is 1. The van der Waals surface area contributed by atoms with Crippen molar-refractivity contribution >= 4 is 29.3 Å². The van der Waals surface area contributed by atoms with Gasteiger partial charge in [-0.05, 0) is 56.7 Å². The summed E-state index contributed by atoms with van der Waals surface area (Å²) in [5.41, 5.74) is 3.26. The zero-order valence-corrected chi connectivity index (χ0v) is 16.6. The fraction of sp³-hybridized carbons (Fsp3) is 0.273.